The van der Waals surface area contributed by atoms with Gasteiger partial charge in [0.2, 0.25) is 0 Å². The summed E-state index contributed by atoms with van der Waals surface area (Å²) >= 11 is 0. The van der Waals surface area contributed by atoms with E-state index in [1.807, 2.05) is 43.5 Å². The number of ether oxygens (including phenoxy) is 1. The predicted molar refractivity (Wildman–Crippen MR) is 94.1 cm³/mol. The van der Waals surface area contributed by atoms with Gasteiger partial charge in [-0.1, -0.05) is 18.2 Å². The largest absolute Gasteiger partial charge is 0.492 e. The van der Waals surface area contributed by atoms with Crippen LogP contribution in [0.25, 0.3) is 0 Å². The van der Waals surface area contributed by atoms with Crippen LogP contribution in [0.4, 0.5) is 5.69 Å². The van der Waals surface area contributed by atoms with Gasteiger partial charge in [0, 0.05) is 43.3 Å². The lowest BCUT2D eigenvalue weighted by Gasteiger charge is -2.34. The number of para-hydroxylation sites is 1. The number of rotatable bonds is 6. The molecule has 1 aliphatic rings. The van der Waals surface area contributed by atoms with Crippen LogP contribution in [-0.4, -0.2) is 37.3 Å². The van der Waals surface area contributed by atoms with Crippen LogP contribution in [0, 0.1) is 6.92 Å². The Morgan fingerprint density at radius 2 is 1.96 bits per heavy atom. The second-order valence-corrected chi connectivity index (χ2v) is 6.03. The molecule has 0 radical (unpaired) electrons. The summed E-state index contributed by atoms with van der Waals surface area (Å²) in [6.07, 6.45) is 4.25. The highest BCUT2D eigenvalue weighted by atomic mass is 16.5. The summed E-state index contributed by atoms with van der Waals surface area (Å²) in [6, 6.07) is 14.9. The minimum atomic E-state index is 0.591. The summed E-state index contributed by atoms with van der Waals surface area (Å²) in [6.45, 7) is 5.85. The van der Waals surface area contributed by atoms with Crippen LogP contribution in [0.1, 0.15) is 18.5 Å². The standard InChI is InChI=1S/C19H25N3O/c1-16-15-18(7-10-20-16)22-12-8-17(9-13-22)21-11-14-23-19-5-3-2-4-6-19/h2-7,10,15,17,21H,8-9,11-14H2,1H3. The molecule has 0 spiro atoms. The molecular formula is C19H25N3O. The van der Waals surface area contributed by atoms with Crippen LogP contribution in [0.3, 0.4) is 0 Å². The zero-order valence-corrected chi connectivity index (χ0v) is 13.7. The first-order chi connectivity index (χ1) is 11.3. The molecule has 0 atom stereocenters. The zero-order chi connectivity index (χ0) is 15.9. The Hall–Kier alpha value is -2.07. The molecule has 4 nitrogen and oxygen atoms in total. The van der Waals surface area contributed by atoms with E-state index in [2.05, 4.69) is 27.3 Å². The number of pyridine rings is 1. The van der Waals surface area contributed by atoms with E-state index in [9.17, 15) is 0 Å². The number of hydrogen-bond donors (Lipinski definition) is 1. The molecule has 1 aliphatic heterocycles. The fraction of sp³-hybridized carbons (Fsp3) is 0.421. The molecule has 0 unspecified atom stereocenters. The van der Waals surface area contributed by atoms with Crippen LogP contribution in [-0.2, 0) is 0 Å². The SMILES string of the molecule is Cc1cc(N2CCC(NCCOc3ccccc3)CC2)ccn1. The first-order valence-electron chi connectivity index (χ1n) is 8.40. The van der Waals surface area contributed by atoms with Crippen LogP contribution in [0.15, 0.2) is 48.7 Å². The molecule has 1 aromatic heterocycles. The second-order valence-electron chi connectivity index (χ2n) is 6.03. The molecule has 2 heterocycles. The number of nitrogens with one attached hydrogen (secondary N) is 1. The Morgan fingerprint density at radius 3 is 2.70 bits per heavy atom. The van der Waals surface area contributed by atoms with E-state index in [0.29, 0.717) is 12.6 Å². The highest BCUT2D eigenvalue weighted by Crippen LogP contribution is 2.20. The normalized spacial score (nSPS) is 15.6. The Balaban J connectivity index is 1.36. The molecule has 2 aromatic rings. The topological polar surface area (TPSA) is 37.4 Å². The molecule has 122 valence electrons. The first-order valence-corrected chi connectivity index (χ1v) is 8.40. The van der Waals surface area contributed by atoms with Crippen LogP contribution >= 0.6 is 0 Å². The van der Waals surface area contributed by atoms with E-state index in [1.54, 1.807) is 0 Å². The molecule has 1 aromatic carbocycles. The summed E-state index contributed by atoms with van der Waals surface area (Å²) in [5.74, 6) is 0.942. The van der Waals surface area contributed by atoms with Gasteiger partial charge in [0.15, 0.2) is 0 Å². The van der Waals surface area contributed by atoms with Gasteiger partial charge in [-0.2, -0.15) is 0 Å². The van der Waals surface area contributed by atoms with Gasteiger partial charge in [-0.05, 0) is 44.0 Å². The number of benzene rings is 1. The van der Waals surface area contributed by atoms with Crippen LogP contribution < -0.4 is 15.0 Å². The Labute approximate surface area is 138 Å². The number of aromatic nitrogens is 1. The van der Waals surface area contributed by atoms with E-state index in [-0.39, 0.29) is 0 Å². The van der Waals surface area contributed by atoms with Gasteiger partial charge >= 0.3 is 0 Å². The van der Waals surface area contributed by atoms with Crippen molar-refractivity contribution in [2.24, 2.45) is 0 Å². The number of anilines is 1. The Morgan fingerprint density at radius 1 is 1.17 bits per heavy atom. The fourth-order valence-corrected chi connectivity index (χ4v) is 3.02. The fourth-order valence-electron chi connectivity index (χ4n) is 3.02. The minimum Gasteiger partial charge on any atom is -0.492 e. The number of aryl methyl sites for hydroxylation is 1. The number of nitrogens with zero attached hydrogens (tertiary/aromatic N) is 2. The molecule has 1 fully saturated rings. The molecule has 0 amide bonds. The maximum atomic E-state index is 5.72. The van der Waals surface area contributed by atoms with Crippen molar-refractivity contribution in [1.29, 1.82) is 0 Å². The maximum Gasteiger partial charge on any atom is 0.119 e. The molecule has 0 bridgehead atoms. The van der Waals surface area contributed by atoms with E-state index >= 15 is 0 Å². The summed E-state index contributed by atoms with van der Waals surface area (Å²) < 4.78 is 5.72. The van der Waals surface area contributed by atoms with Gasteiger partial charge in [0.05, 0.1) is 0 Å². The van der Waals surface area contributed by atoms with E-state index in [0.717, 1.165) is 31.1 Å². The van der Waals surface area contributed by atoms with Crippen molar-refractivity contribution < 1.29 is 4.74 Å². The Kier molecular flexibility index (Phi) is 5.48. The third-order valence-corrected chi connectivity index (χ3v) is 4.29. The van der Waals surface area contributed by atoms with Crippen molar-refractivity contribution in [3.05, 3.63) is 54.4 Å². The quantitative estimate of drug-likeness (QED) is 0.832. The smallest absolute Gasteiger partial charge is 0.119 e. The number of piperidine rings is 1. The van der Waals surface area contributed by atoms with E-state index in [4.69, 9.17) is 4.74 Å². The molecule has 1 saturated heterocycles. The third-order valence-electron chi connectivity index (χ3n) is 4.29. The summed E-state index contributed by atoms with van der Waals surface area (Å²) in [7, 11) is 0. The average Bonchev–Trinajstić information content (AvgIpc) is 2.60. The van der Waals surface area contributed by atoms with Crippen molar-refractivity contribution in [2.45, 2.75) is 25.8 Å². The van der Waals surface area contributed by atoms with Gasteiger partial charge < -0.3 is 15.0 Å². The Bertz CT molecular complexity index is 595. The average molecular weight is 311 g/mol. The monoisotopic (exact) mass is 311 g/mol. The van der Waals surface area contributed by atoms with E-state index in [1.165, 1.54) is 18.5 Å². The van der Waals surface area contributed by atoms with Crippen molar-refractivity contribution in [2.75, 3.05) is 31.1 Å². The van der Waals surface area contributed by atoms with Gasteiger partial charge in [-0.25, -0.2) is 0 Å². The van der Waals surface area contributed by atoms with Crippen molar-refractivity contribution >= 4 is 5.69 Å². The van der Waals surface area contributed by atoms with E-state index < -0.39 is 0 Å². The lowest BCUT2D eigenvalue weighted by Crippen LogP contribution is -2.43. The van der Waals surface area contributed by atoms with Gasteiger partial charge in [-0.3, -0.25) is 4.98 Å². The maximum absolute atomic E-state index is 5.72. The number of hydrogen-bond acceptors (Lipinski definition) is 4. The molecule has 1 N–H and O–H groups in total. The van der Waals surface area contributed by atoms with Crippen molar-refractivity contribution in [1.82, 2.24) is 10.3 Å². The highest BCUT2D eigenvalue weighted by Gasteiger charge is 2.18. The van der Waals surface area contributed by atoms with Crippen LogP contribution in [0.5, 0.6) is 5.75 Å². The second kappa shape index (κ2) is 7.97. The van der Waals surface area contributed by atoms with Gasteiger partial charge in [-0.15, -0.1) is 0 Å². The molecule has 4 heteroatoms. The third kappa shape index (κ3) is 4.70. The first kappa shape index (κ1) is 15.8. The molecule has 0 saturated carbocycles. The lowest BCUT2D eigenvalue weighted by atomic mass is 10.0. The van der Waals surface area contributed by atoms with Gasteiger partial charge in [0.25, 0.3) is 0 Å². The highest BCUT2D eigenvalue weighted by molar-refractivity contribution is 5.46. The summed E-state index contributed by atoms with van der Waals surface area (Å²) in [5, 5.41) is 3.61. The molecule has 3 rings (SSSR count). The van der Waals surface area contributed by atoms with Crippen molar-refractivity contribution in [3.8, 4) is 5.75 Å². The molecule has 0 aliphatic carbocycles. The zero-order valence-electron chi connectivity index (χ0n) is 13.7. The molecular weight excluding hydrogens is 286 g/mol. The predicted octanol–water partition coefficient (Wildman–Crippen LogP) is 3.03. The lowest BCUT2D eigenvalue weighted by molar-refractivity contribution is 0.296. The van der Waals surface area contributed by atoms with Crippen molar-refractivity contribution in [3.63, 3.8) is 0 Å². The molecule has 23 heavy (non-hydrogen) atoms. The van der Waals surface area contributed by atoms with Crippen LogP contribution in [0.2, 0.25) is 0 Å². The summed E-state index contributed by atoms with van der Waals surface area (Å²) in [5.41, 5.74) is 2.38. The summed E-state index contributed by atoms with van der Waals surface area (Å²) in [4.78, 5) is 6.72. The minimum absolute atomic E-state index is 0.591. The van der Waals surface area contributed by atoms with Gasteiger partial charge in [0.1, 0.15) is 12.4 Å².